The molecule has 1 aliphatic heterocycles. The molecule has 2 N–H and O–H groups in total. The van der Waals surface area contributed by atoms with Crippen LogP contribution in [0, 0.1) is 0 Å². The maximum atomic E-state index is 13.5. The van der Waals surface area contributed by atoms with Crippen LogP contribution in [0.5, 0.6) is 11.5 Å². The number of nitrogens with zero attached hydrogens (tertiary/aromatic N) is 1. The number of carbonyl (C=O) groups excluding carboxylic acids is 2. The lowest BCUT2D eigenvalue weighted by Crippen LogP contribution is -2.56. The first-order valence-electron chi connectivity index (χ1n) is 12.0. The smallest absolute Gasteiger partial charge is 0.326 e. The number of amides is 1. The van der Waals surface area contributed by atoms with E-state index in [1.54, 1.807) is 26.0 Å². The zero-order valence-corrected chi connectivity index (χ0v) is 21.2. The van der Waals surface area contributed by atoms with Crippen LogP contribution in [0.4, 0.5) is 0 Å². The van der Waals surface area contributed by atoms with Crippen molar-refractivity contribution in [1.82, 2.24) is 10.2 Å². The number of fused-ring (bicyclic) bond motifs is 1. The van der Waals surface area contributed by atoms with E-state index in [-0.39, 0.29) is 19.6 Å². The molecule has 2 aromatic carbocycles. The Hall–Kier alpha value is -3.59. The van der Waals surface area contributed by atoms with E-state index < -0.39 is 36.0 Å². The third-order valence-corrected chi connectivity index (χ3v) is 6.36. The van der Waals surface area contributed by atoms with Gasteiger partial charge in [-0.05, 0) is 55.5 Å². The van der Waals surface area contributed by atoms with Gasteiger partial charge in [0.2, 0.25) is 5.91 Å². The predicted molar refractivity (Wildman–Crippen MR) is 133 cm³/mol. The Morgan fingerprint density at radius 2 is 1.72 bits per heavy atom. The van der Waals surface area contributed by atoms with Crippen molar-refractivity contribution in [3.8, 4) is 11.5 Å². The predicted octanol–water partition coefficient (Wildman–Crippen LogP) is 2.58. The molecule has 3 rings (SSSR count). The molecule has 3 atom stereocenters. The number of benzene rings is 2. The molecule has 1 amide bonds. The zero-order chi connectivity index (χ0) is 26.2. The highest BCUT2D eigenvalue weighted by Crippen LogP contribution is 2.35. The summed E-state index contributed by atoms with van der Waals surface area (Å²) >= 11 is 0. The van der Waals surface area contributed by atoms with Gasteiger partial charge in [-0.15, -0.1) is 0 Å². The molecule has 0 unspecified atom stereocenters. The van der Waals surface area contributed by atoms with E-state index >= 15 is 0 Å². The number of methoxy groups -OCH3 is 2. The molecule has 0 saturated heterocycles. The Morgan fingerprint density at radius 1 is 1.08 bits per heavy atom. The van der Waals surface area contributed by atoms with E-state index in [0.717, 1.165) is 16.7 Å². The number of nitrogens with one attached hydrogen (secondary N) is 1. The van der Waals surface area contributed by atoms with E-state index in [9.17, 15) is 19.5 Å². The number of aliphatic carboxylic acids is 1. The van der Waals surface area contributed by atoms with Crippen LogP contribution in [-0.2, 0) is 38.5 Å². The van der Waals surface area contributed by atoms with Crippen molar-refractivity contribution < 1.29 is 33.7 Å². The van der Waals surface area contributed by atoms with Crippen LogP contribution in [0.1, 0.15) is 37.0 Å². The number of carboxylic acids is 1. The highest BCUT2D eigenvalue weighted by Gasteiger charge is 2.38. The molecule has 0 spiro atoms. The minimum absolute atomic E-state index is 0.103. The van der Waals surface area contributed by atoms with Gasteiger partial charge < -0.3 is 24.2 Å². The minimum Gasteiger partial charge on any atom is -0.493 e. The van der Waals surface area contributed by atoms with Crippen LogP contribution >= 0.6 is 0 Å². The second kappa shape index (κ2) is 12.4. The van der Waals surface area contributed by atoms with Gasteiger partial charge in [0.1, 0.15) is 12.1 Å². The molecule has 194 valence electrons. The van der Waals surface area contributed by atoms with E-state index in [1.165, 1.54) is 19.1 Å². The normalized spacial score (nSPS) is 16.4. The molecular weight excluding hydrogens is 464 g/mol. The molecule has 9 nitrogen and oxygen atoms in total. The highest BCUT2D eigenvalue weighted by atomic mass is 16.5. The van der Waals surface area contributed by atoms with Crippen molar-refractivity contribution in [3.63, 3.8) is 0 Å². The van der Waals surface area contributed by atoms with Crippen molar-refractivity contribution in [2.75, 3.05) is 20.8 Å². The van der Waals surface area contributed by atoms with Crippen LogP contribution in [0.2, 0.25) is 0 Å². The number of ether oxygens (including phenoxy) is 3. The summed E-state index contributed by atoms with van der Waals surface area (Å²) in [6.07, 6.45) is 1.19. The number of rotatable bonds is 11. The number of hydrogen-bond donors (Lipinski definition) is 2. The summed E-state index contributed by atoms with van der Waals surface area (Å²) in [4.78, 5) is 39.6. The summed E-state index contributed by atoms with van der Waals surface area (Å²) in [6, 6.07) is 10.7. The molecule has 1 heterocycles. The van der Waals surface area contributed by atoms with E-state index in [4.69, 9.17) is 14.2 Å². The first-order valence-corrected chi connectivity index (χ1v) is 12.0. The number of esters is 1. The third kappa shape index (κ3) is 6.34. The van der Waals surface area contributed by atoms with Crippen LogP contribution in [0.25, 0.3) is 0 Å². The molecule has 0 bridgehead atoms. The van der Waals surface area contributed by atoms with Crippen LogP contribution < -0.4 is 14.8 Å². The summed E-state index contributed by atoms with van der Waals surface area (Å²) in [5.41, 5.74) is 2.64. The largest absolute Gasteiger partial charge is 0.493 e. The summed E-state index contributed by atoms with van der Waals surface area (Å²) < 4.78 is 15.9. The van der Waals surface area contributed by atoms with Gasteiger partial charge in [-0.1, -0.05) is 30.3 Å². The molecule has 0 saturated carbocycles. The standard InChI is InChI=1S/C27H34N2O7/c1-5-36-27(33)21(12-11-18-9-7-6-8-10-18)28-17(2)25(30)29-16-20-15-24(35-4)23(34-3)14-19(20)13-22(29)26(31)32/h6-10,14-15,17,21-22,28H,5,11-13,16H2,1-4H3,(H,31,32)/t17-,21-,22+/m1/s1. The lowest BCUT2D eigenvalue weighted by molar-refractivity contribution is -0.153. The van der Waals surface area contributed by atoms with Crippen molar-refractivity contribution >= 4 is 17.8 Å². The quantitative estimate of drug-likeness (QED) is 0.455. The third-order valence-electron chi connectivity index (χ3n) is 6.36. The number of aryl methyl sites for hydroxylation is 1. The molecular formula is C27H34N2O7. The summed E-state index contributed by atoms with van der Waals surface area (Å²) in [6.45, 7) is 3.69. The maximum Gasteiger partial charge on any atom is 0.326 e. The molecule has 1 aliphatic rings. The number of hydrogen-bond acceptors (Lipinski definition) is 7. The first-order chi connectivity index (χ1) is 17.3. The molecule has 2 aromatic rings. The topological polar surface area (TPSA) is 114 Å². The SMILES string of the molecule is CCOC(=O)[C@@H](CCc1ccccc1)N[C@H](C)C(=O)N1Cc2cc(OC)c(OC)cc2C[C@H]1C(=O)O. The van der Waals surface area contributed by atoms with Crippen molar-refractivity contribution in [2.24, 2.45) is 0 Å². The van der Waals surface area contributed by atoms with Gasteiger partial charge >= 0.3 is 11.9 Å². The van der Waals surface area contributed by atoms with Gasteiger partial charge in [0.05, 0.1) is 26.9 Å². The molecule has 0 aliphatic carbocycles. The first kappa shape index (κ1) is 27.0. The molecule has 0 fully saturated rings. The Labute approximate surface area is 211 Å². The Balaban J connectivity index is 1.79. The van der Waals surface area contributed by atoms with Crippen LogP contribution in [0.15, 0.2) is 42.5 Å². The average molecular weight is 499 g/mol. The molecule has 0 aromatic heterocycles. The second-order valence-electron chi connectivity index (χ2n) is 8.72. The Morgan fingerprint density at radius 3 is 2.31 bits per heavy atom. The molecule has 36 heavy (non-hydrogen) atoms. The van der Waals surface area contributed by atoms with E-state index in [2.05, 4.69) is 5.32 Å². The van der Waals surface area contributed by atoms with Gasteiger partial charge in [-0.25, -0.2) is 4.79 Å². The van der Waals surface area contributed by atoms with Gasteiger partial charge in [0, 0.05) is 13.0 Å². The van der Waals surface area contributed by atoms with Gasteiger partial charge in [0.15, 0.2) is 11.5 Å². The second-order valence-corrected chi connectivity index (χ2v) is 8.72. The number of carbonyl (C=O) groups is 3. The van der Waals surface area contributed by atoms with E-state index in [0.29, 0.717) is 24.3 Å². The number of carboxylic acid groups (broad SMARTS) is 1. The fourth-order valence-corrected chi connectivity index (χ4v) is 4.45. The fraction of sp³-hybridized carbons (Fsp3) is 0.444. The monoisotopic (exact) mass is 498 g/mol. The lowest BCUT2D eigenvalue weighted by atomic mass is 9.92. The minimum atomic E-state index is -1.10. The van der Waals surface area contributed by atoms with Crippen molar-refractivity contribution in [2.45, 2.75) is 57.8 Å². The Kier molecular flexibility index (Phi) is 9.30. The van der Waals surface area contributed by atoms with Crippen molar-refractivity contribution in [3.05, 3.63) is 59.2 Å². The molecule has 0 radical (unpaired) electrons. The van der Waals surface area contributed by atoms with Crippen molar-refractivity contribution in [1.29, 1.82) is 0 Å². The lowest BCUT2D eigenvalue weighted by Gasteiger charge is -2.37. The maximum absolute atomic E-state index is 13.5. The van der Waals surface area contributed by atoms with Gasteiger partial charge in [0.25, 0.3) is 0 Å². The van der Waals surface area contributed by atoms with E-state index in [1.807, 2.05) is 30.3 Å². The Bertz CT molecular complexity index is 1070. The fourth-order valence-electron chi connectivity index (χ4n) is 4.45. The highest BCUT2D eigenvalue weighted by molar-refractivity contribution is 5.88. The average Bonchev–Trinajstić information content (AvgIpc) is 2.89. The summed E-state index contributed by atoms with van der Waals surface area (Å²) in [5.74, 6) is -0.930. The van der Waals surface area contributed by atoms with Gasteiger partial charge in [-0.3, -0.25) is 14.9 Å². The van der Waals surface area contributed by atoms with Crippen LogP contribution in [-0.4, -0.2) is 66.8 Å². The summed E-state index contributed by atoms with van der Waals surface area (Å²) in [7, 11) is 3.04. The molecule has 9 heteroatoms. The van der Waals surface area contributed by atoms with Crippen LogP contribution in [0.3, 0.4) is 0 Å². The summed E-state index contributed by atoms with van der Waals surface area (Å²) in [5, 5.41) is 13.0. The zero-order valence-electron chi connectivity index (χ0n) is 21.2. The van der Waals surface area contributed by atoms with Gasteiger partial charge in [-0.2, -0.15) is 0 Å².